The lowest BCUT2D eigenvalue weighted by atomic mass is 10.1. The minimum Gasteiger partial charge on any atom is -0.493 e. The highest BCUT2D eigenvalue weighted by Gasteiger charge is 2.30. The van der Waals surface area contributed by atoms with Gasteiger partial charge >= 0.3 is 6.18 Å². The molecule has 1 amide bonds. The minimum atomic E-state index is -4.48. The number of aromatic nitrogens is 2. The summed E-state index contributed by atoms with van der Waals surface area (Å²) in [6, 6.07) is 9.81. The number of rotatable bonds is 6. The normalized spacial score (nSPS) is 11.3. The first-order valence-electron chi connectivity index (χ1n) is 8.50. The summed E-state index contributed by atoms with van der Waals surface area (Å²) in [5.74, 6) is 0.365. The summed E-state index contributed by atoms with van der Waals surface area (Å²) >= 11 is 0. The SMILES string of the molecule is COc1ccc(-c2nn(-c3cccc(C(F)(F)F)c3)cc2CC(N)=O)cc1OC. The number of halogens is 3. The Morgan fingerprint density at radius 2 is 1.83 bits per heavy atom. The molecule has 152 valence electrons. The number of hydrogen-bond acceptors (Lipinski definition) is 4. The summed E-state index contributed by atoms with van der Waals surface area (Å²) in [6.07, 6.45) is -3.11. The second-order valence-corrected chi connectivity index (χ2v) is 6.21. The monoisotopic (exact) mass is 405 g/mol. The number of carbonyl (C=O) groups excluding carboxylic acids is 1. The number of nitrogens with zero attached hydrogens (tertiary/aromatic N) is 2. The third kappa shape index (κ3) is 4.34. The van der Waals surface area contributed by atoms with E-state index in [1.807, 2.05) is 0 Å². The maximum atomic E-state index is 13.0. The summed E-state index contributed by atoms with van der Waals surface area (Å²) in [6.45, 7) is 0. The summed E-state index contributed by atoms with van der Waals surface area (Å²) in [5.41, 5.74) is 6.22. The predicted molar refractivity (Wildman–Crippen MR) is 100 cm³/mol. The number of methoxy groups -OCH3 is 2. The van der Waals surface area contributed by atoms with E-state index in [2.05, 4.69) is 5.10 Å². The molecule has 3 aromatic rings. The third-order valence-corrected chi connectivity index (χ3v) is 4.25. The van der Waals surface area contributed by atoms with E-state index < -0.39 is 17.6 Å². The van der Waals surface area contributed by atoms with E-state index in [-0.39, 0.29) is 12.1 Å². The van der Waals surface area contributed by atoms with E-state index in [0.717, 1.165) is 12.1 Å². The quantitative estimate of drug-likeness (QED) is 0.680. The van der Waals surface area contributed by atoms with Crippen molar-refractivity contribution < 1.29 is 27.4 Å². The molecule has 0 bridgehead atoms. The van der Waals surface area contributed by atoms with Crippen LogP contribution in [-0.4, -0.2) is 29.9 Å². The Kier molecular flexibility index (Phi) is 5.49. The zero-order valence-corrected chi connectivity index (χ0v) is 15.7. The molecule has 0 fully saturated rings. The van der Waals surface area contributed by atoms with E-state index in [4.69, 9.17) is 15.2 Å². The van der Waals surface area contributed by atoms with E-state index in [0.29, 0.717) is 28.3 Å². The molecule has 2 aromatic carbocycles. The third-order valence-electron chi connectivity index (χ3n) is 4.25. The first-order chi connectivity index (χ1) is 13.7. The van der Waals surface area contributed by atoms with Crippen molar-refractivity contribution in [3.05, 3.63) is 59.8 Å². The molecule has 9 heteroatoms. The number of ether oxygens (including phenoxy) is 2. The highest BCUT2D eigenvalue weighted by Crippen LogP contribution is 2.34. The van der Waals surface area contributed by atoms with Crippen molar-refractivity contribution in [1.29, 1.82) is 0 Å². The second kappa shape index (κ2) is 7.86. The largest absolute Gasteiger partial charge is 0.493 e. The molecule has 6 nitrogen and oxygen atoms in total. The number of carbonyl (C=O) groups is 1. The Morgan fingerprint density at radius 1 is 1.10 bits per heavy atom. The van der Waals surface area contributed by atoms with Crippen LogP contribution in [0.25, 0.3) is 16.9 Å². The lowest BCUT2D eigenvalue weighted by Gasteiger charge is -2.09. The number of hydrogen-bond donors (Lipinski definition) is 1. The van der Waals surface area contributed by atoms with E-state index in [9.17, 15) is 18.0 Å². The molecular weight excluding hydrogens is 387 g/mol. The Morgan fingerprint density at radius 3 is 2.45 bits per heavy atom. The summed E-state index contributed by atoms with van der Waals surface area (Å²) in [7, 11) is 2.98. The number of benzene rings is 2. The van der Waals surface area contributed by atoms with Crippen LogP contribution in [0, 0.1) is 0 Å². The van der Waals surface area contributed by atoms with Gasteiger partial charge in [-0.1, -0.05) is 6.07 Å². The number of alkyl halides is 3. The molecule has 0 saturated carbocycles. The van der Waals surface area contributed by atoms with E-state index in [1.165, 1.54) is 37.2 Å². The van der Waals surface area contributed by atoms with E-state index >= 15 is 0 Å². The molecule has 1 heterocycles. The number of primary amides is 1. The molecule has 0 aliphatic carbocycles. The molecule has 0 aliphatic rings. The summed E-state index contributed by atoms with van der Waals surface area (Å²) in [5, 5.41) is 4.40. The lowest BCUT2D eigenvalue weighted by Crippen LogP contribution is -2.13. The fourth-order valence-electron chi connectivity index (χ4n) is 2.91. The minimum absolute atomic E-state index is 0.122. The van der Waals surface area contributed by atoms with Gasteiger partial charge in [0, 0.05) is 17.3 Å². The Balaban J connectivity index is 2.12. The standard InChI is InChI=1S/C20H18F3N3O3/c1-28-16-7-6-12(8-17(16)29-2)19-13(9-18(24)27)11-26(25-19)15-5-3-4-14(10-15)20(21,22)23/h3-8,10-11H,9H2,1-2H3,(H2,24,27). The zero-order valence-electron chi connectivity index (χ0n) is 15.7. The van der Waals surface area contributed by atoms with Crippen molar-refractivity contribution in [2.75, 3.05) is 14.2 Å². The molecule has 0 radical (unpaired) electrons. The van der Waals surface area contributed by atoms with Crippen LogP contribution in [0.3, 0.4) is 0 Å². The highest BCUT2D eigenvalue weighted by molar-refractivity contribution is 5.80. The summed E-state index contributed by atoms with van der Waals surface area (Å²) < 4.78 is 50.9. The van der Waals surface area contributed by atoms with Gasteiger partial charge in [0.05, 0.1) is 37.6 Å². The van der Waals surface area contributed by atoms with Gasteiger partial charge in [-0.2, -0.15) is 18.3 Å². The Bertz CT molecular complexity index is 1040. The molecule has 1 aromatic heterocycles. The van der Waals surface area contributed by atoms with Crippen LogP contribution in [0.5, 0.6) is 11.5 Å². The Labute approximate surface area is 164 Å². The van der Waals surface area contributed by atoms with E-state index in [1.54, 1.807) is 18.2 Å². The molecular formula is C20H18F3N3O3. The van der Waals surface area contributed by atoms with Crippen molar-refractivity contribution in [2.45, 2.75) is 12.6 Å². The average Bonchev–Trinajstić information content (AvgIpc) is 3.10. The highest BCUT2D eigenvalue weighted by atomic mass is 19.4. The first kappa shape index (κ1) is 20.2. The van der Waals surface area contributed by atoms with Crippen LogP contribution >= 0.6 is 0 Å². The predicted octanol–water partition coefficient (Wildman–Crippen LogP) is 3.60. The van der Waals surface area contributed by atoms with Gasteiger partial charge in [-0.15, -0.1) is 0 Å². The van der Waals surface area contributed by atoms with Crippen molar-refractivity contribution in [3.63, 3.8) is 0 Å². The van der Waals surface area contributed by atoms with Crippen LogP contribution in [0.2, 0.25) is 0 Å². The topological polar surface area (TPSA) is 79.4 Å². The van der Waals surface area contributed by atoms with Crippen LogP contribution in [0.1, 0.15) is 11.1 Å². The first-order valence-corrected chi connectivity index (χ1v) is 8.50. The molecule has 0 atom stereocenters. The maximum absolute atomic E-state index is 13.0. The molecule has 0 unspecified atom stereocenters. The van der Waals surface area contributed by atoms with Crippen LogP contribution < -0.4 is 15.2 Å². The molecule has 2 N–H and O–H groups in total. The fraction of sp³-hybridized carbons (Fsp3) is 0.200. The molecule has 0 aliphatic heterocycles. The molecule has 0 saturated heterocycles. The van der Waals surface area contributed by atoms with Gasteiger partial charge in [0.2, 0.25) is 5.91 Å². The number of amides is 1. The van der Waals surface area contributed by atoms with Crippen molar-refractivity contribution >= 4 is 5.91 Å². The van der Waals surface area contributed by atoms with Gasteiger partial charge in [0.1, 0.15) is 0 Å². The number of nitrogens with two attached hydrogens (primary N) is 1. The zero-order chi connectivity index (χ0) is 21.2. The van der Waals surface area contributed by atoms with Crippen LogP contribution in [0.4, 0.5) is 13.2 Å². The van der Waals surface area contributed by atoms with Crippen molar-refractivity contribution in [3.8, 4) is 28.4 Å². The van der Waals surface area contributed by atoms with Gasteiger partial charge < -0.3 is 15.2 Å². The van der Waals surface area contributed by atoms with Crippen LogP contribution in [-0.2, 0) is 17.4 Å². The smallest absolute Gasteiger partial charge is 0.416 e. The van der Waals surface area contributed by atoms with Gasteiger partial charge in [-0.3, -0.25) is 4.79 Å². The fourth-order valence-corrected chi connectivity index (χ4v) is 2.91. The average molecular weight is 405 g/mol. The second-order valence-electron chi connectivity index (χ2n) is 6.21. The maximum Gasteiger partial charge on any atom is 0.416 e. The van der Waals surface area contributed by atoms with Gasteiger partial charge in [0.15, 0.2) is 11.5 Å². The van der Waals surface area contributed by atoms with Gasteiger partial charge in [0.25, 0.3) is 0 Å². The molecule has 3 rings (SSSR count). The molecule has 0 spiro atoms. The Hall–Kier alpha value is -3.49. The van der Waals surface area contributed by atoms with Crippen LogP contribution in [0.15, 0.2) is 48.7 Å². The lowest BCUT2D eigenvalue weighted by molar-refractivity contribution is -0.137. The van der Waals surface area contributed by atoms with Crippen molar-refractivity contribution in [1.82, 2.24) is 9.78 Å². The molecule has 29 heavy (non-hydrogen) atoms. The van der Waals surface area contributed by atoms with Gasteiger partial charge in [-0.25, -0.2) is 4.68 Å². The summed E-state index contributed by atoms with van der Waals surface area (Å²) in [4.78, 5) is 11.5. The van der Waals surface area contributed by atoms with Crippen molar-refractivity contribution in [2.24, 2.45) is 5.73 Å². The van der Waals surface area contributed by atoms with Gasteiger partial charge in [-0.05, 0) is 36.4 Å².